The number of carbonyl (C=O) groups is 4. The number of hydrogen-bond acceptors (Lipinski definition) is 5. The first-order chi connectivity index (χ1) is 12.4. The Balaban J connectivity index is 1.89. The molecule has 0 aromatic heterocycles. The highest BCUT2D eigenvalue weighted by Crippen LogP contribution is 2.28. The van der Waals surface area contributed by atoms with E-state index in [1.165, 1.54) is 6.07 Å². The highest BCUT2D eigenvalue weighted by Gasteiger charge is 2.21. The third-order valence-electron chi connectivity index (χ3n) is 3.99. The Hall–Kier alpha value is -2.90. The number of carbonyl (C=O) groups excluding carboxylic acids is 3. The highest BCUT2D eigenvalue weighted by molar-refractivity contribution is 6.01. The third-order valence-corrected chi connectivity index (χ3v) is 3.99. The van der Waals surface area contributed by atoms with Gasteiger partial charge in [0, 0.05) is 18.4 Å². The lowest BCUT2D eigenvalue weighted by Crippen LogP contribution is -2.40. The first-order valence-corrected chi connectivity index (χ1v) is 8.52. The van der Waals surface area contributed by atoms with Crippen molar-refractivity contribution in [2.24, 2.45) is 0 Å². The quantitative estimate of drug-likeness (QED) is 0.575. The Labute approximate surface area is 150 Å². The summed E-state index contributed by atoms with van der Waals surface area (Å²) in [6.07, 6.45) is 1.72. The maximum atomic E-state index is 12.3. The van der Waals surface area contributed by atoms with Crippen molar-refractivity contribution in [3.63, 3.8) is 0 Å². The van der Waals surface area contributed by atoms with Crippen molar-refractivity contribution in [2.45, 2.75) is 45.1 Å². The summed E-state index contributed by atoms with van der Waals surface area (Å²) in [5.74, 6) is -1.64. The second-order valence-electron chi connectivity index (χ2n) is 6.07. The number of benzene rings is 1. The van der Waals surface area contributed by atoms with Crippen LogP contribution in [0.2, 0.25) is 0 Å². The van der Waals surface area contributed by atoms with Crippen LogP contribution in [0.15, 0.2) is 18.2 Å². The first kappa shape index (κ1) is 19.4. The van der Waals surface area contributed by atoms with Crippen LogP contribution in [0.5, 0.6) is 5.75 Å². The number of fused-ring (bicyclic) bond motifs is 1. The van der Waals surface area contributed by atoms with Gasteiger partial charge in [0.25, 0.3) is 5.91 Å². The van der Waals surface area contributed by atoms with Gasteiger partial charge >= 0.3 is 5.97 Å². The molecule has 0 bridgehead atoms. The second kappa shape index (κ2) is 8.98. The van der Waals surface area contributed by atoms with Crippen LogP contribution in [0.3, 0.4) is 0 Å². The fourth-order valence-electron chi connectivity index (χ4n) is 2.56. The average Bonchev–Trinajstić information content (AvgIpc) is 2.62. The lowest BCUT2D eigenvalue weighted by Gasteiger charge is -2.18. The fourth-order valence-corrected chi connectivity index (χ4v) is 2.56. The van der Waals surface area contributed by atoms with E-state index < -0.39 is 17.9 Å². The zero-order chi connectivity index (χ0) is 19.1. The summed E-state index contributed by atoms with van der Waals surface area (Å²) >= 11 is 0. The van der Waals surface area contributed by atoms with Gasteiger partial charge in [0.1, 0.15) is 11.8 Å². The summed E-state index contributed by atoms with van der Waals surface area (Å²) in [5, 5.41) is 14.2. The summed E-state index contributed by atoms with van der Waals surface area (Å²) in [7, 11) is 0. The molecule has 3 N–H and O–H groups in total. The van der Waals surface area contributed by atoms with Crippen molar-refractivity contribution in [2.75, 3.05) is 11.9 Å². The molecule has 1 atom stereocenters. The lowest BCUT2D eigenvalue weighted by atomic mass is 10.0. The molecule has 1 aromatic rings. The third kappa shape index (κ3) is 5.30. The minimum atomic E-state index is -1.08. The maximum absolute atomic E-state index is 12.3. The second-order valence-corrected chi connectivity index (χ2v) is 6.07. The van der Waals surface area contributed by atoms with E-state index in [4.69, 9.17) is 9.84 Å². The van der Waals surface area contributed by atoms with Crippen LogP contribution in [0.4, 0.5) is 5.69 Å². The van der Waals surface area contributed by atoms with Gasteiger partial charge in [-0.25, -0.2) is 4.79 Å². The van der Waals surface area contributed by atoms with Crippen LogP contribution in [0.25, 0.3) is 0 Å². The Kier molecular flexibility index (Phi) is 6.71. The molecule has 140 valence electrons. The lowest BCUT2D eigenvalue weighted by molar-refractivity contribution is -0.142. The molecule has 8 nitrogen and oxygen atoms in total. The Morgan fingerprint density at radius 3 is 2.77 bits per heavy atom. The minimum Gasteiger partial charge on any atom is -0.482 e. The van der Waals surface area contributed by atoms with E-state index in [0.29, 0.717) is 29.8 Å². The monoisotopic (exact) mass is 362 g/mol. The standard InChI is InChI=1S/C18H22N2O6/c1-2-3-4-12(18(24)25)19-16(22)8-6-14(21)11-5-7-15-13(9-11)20-17(23)10-26-15/h5,7,9,12H,2-4,6,8,10H2,1H3,(H,19,22)(H,20,23)(H,24,25). The Bertz CT molecular complexity index is 716. The van der Waals surface area contributed by atoms with E-state index in [1.807, 2.05) is 6.92 Å². The highest BCUT2D eigenvalue weighted by atomic mass is 16.5. The van der Waals surface area contributed by atoms with Gasteiger partial charge in [-0.05, 0) is 24.6 Å². The number of Topliss-reactive ketones (excluding diaryl/α,β-unsaturated/α-hetero) is 1. The molecule has 8 heteroatoms. The van der Waals surface area contributed by atoms with Crippen molar-refractivity contribution in [1.82, 2.24) is 5.32 Å². The molecule has 0 fully saturated rings. The fraction of sp³-hybridized carbons (Fsp3) is 0.444. The van der Waals surface area contributed by atoms with Crippen molar-refractivity contribution in [3.8, 4) is 5.75 Å². The summed E-state index contributed by atoms with van der Waals surface area (Å²) in [5.41, 5.74) is 0.769. The molecule has 2 amide bonds. The van der Waals surface area contributed by atoms with Gasteiger partial charge in [0.2, 0.25) is 5.91 Å². The Morgan fingerprint density at radius 2 is 2.08 bits per heavy atom. The van der Waals surface area contributed by atoms with E-state index in [0.717, 1.165) is 6.42 Å². The number of unbranched alkanes of at least 4 members (excludes halogenated alkanes) is 1. The van der Waals surface area contributed by atoms with E-state index in [9.17, 15) is 19.2 Å². The number of carboxylic acid groups (broad SMARTS) is 1. The summed E-state index contributed by atoms with van der Waals surface area (Å²) in [4.78, 5) is 46.7. The smallest absolute Gasteiger partial charge is 0.326 e. The SMILES string of the molecule is CCCCC(NC(=O)CCC(=O)c1ccc2c(c1)NC(=O)CO2)C(=O)O. The average molecular weight is 362 g/mol. The number of ketones is 1. The minimum absolute atomic E-state index is 0.0560. The van der Waals surface area contributed by atoms with Gasteiger partial charge in [0.15, 0.2) is 12.4 Å². The van der Waals surface area contributed by atoms with Gasteiger partial charge in [0.05, 0.1) is 5.69 Å². The van der Waals surface area contributed by atoms with Gasteiger partial charge in [-0.1, -0.05) is 19.8 Å². The molecule has 0 spiro atoms. The van der Waals surface area contributed by atoms with Crippen molar-refractivity contribution in [1.29, 1.82) is 0 Å². The molecule has 0 radical (unpaired) electrons. The van der Waals surface area contributed by atoms with E-state index in [2.05, 4.69) is 10.6 Å². The first-order valence-electron chi connectivity index (χ1n) is 8.52. The molecule has 2 rings (SSSR count). The zero-order valence-electron chi connectivity index (χ0n) is 14.5. The van der Waals surface area contributed by atoms with Gasteiger partial charge in [-0.15, -0.1) is 0 Å². The molecule has 1 aromatic carbocycles. The molecular formula is C18H22N2O6. The molecule has 26 heavy (non-hydrogen) atoms. The van der Waals surface area contributed by atoms with Crippen LogP contribution in [0.1, 0.15) is 49.4 Å². The summed E-state index contributed by atoms with van der Waals surface area (Å²) in [6.45, 7) is 1.87. The zero-order valence-corrected chi connectivity index (χ0v) is 14.5. The van der Waals surface area contributed by atoms with Crippen molar-refractivity contribution >= 4 is 29.3 Å². The van der Waals surface area contributed by atoms with Crippen LogP contribution in [-0.2, 0) is 14.4 Å². The topological polar surface area (TPSA) is 122 Å². The molecule has 0 saturated heterocycles. The van der Waals surface area contributed by atoms with Crippen LogP contribution in [0, 0.1) is 0 Å². The van der Waals surface area contributed by atoms with E-state index >= 15 is 0 Å². The molecular weight excluding hydrogens is 340 g/mol. The largest absolute Gasteiger partial charge is 0.482 e. The van der Waals surface area contributed by atoms with Crippen LogP contribution < -0.4 is 15.4 Å². The van der Waals surface area contributed by atoms with Gasteiger partial charge in [-0.2, -0.15) is 0 Å². The van der Waals surface area contributed by atoms with Gasteiger partial charge < -0.3 is 20.5 Å². The molecule has 1 aliphatic heterocycles. The normalized spacial score (nSPS) is 13.8. The van der Waals surface area contributed by atoms with Crippen molar-refractivity contribution < 1.29 is 29.0 Å². The number of rotatable bonds is 9. The molecule has 1 aliphatic rings. The number of amides is 2. The van der Waals surface area contributed by atoms with E-state index in [1.54, 1.807) is 12.1 Å². The summed E-state index contributed by atoms with van der Waals surface area (Å²) in [6, 6.07) is 3.73. The van der Waals surface area contributed by atoms with E-state index in [-0.39, 0.29) is 31.1 Å². The number of carboxylic acids is 1. The number of ether oxygens (including phenoxy) is 1. The van der Waals surface area contributed by atoms with Gasteiger partial charge in [-0.3, -0.25) is 14.4 Å². The maximum Gasteiger partial charge on any atom is 0.326 e. The molecule has 0 aliphatic carbocycles. The molecule has 1 unspecified atom stereocenters. The molecule has 1 heterocycles. The molecule has 0 saturated carbocycles. The van der Waals surface area contributed by atoms with Crippen LogP contribution in [-0.4, -0.2) is 41.3 Å². The number of hydrogen-bond donors (Lipinski definition) is 3. The number of nitrogens with one attached hydrogen (secondary N) is 2. The number of aliphatic carboxylic acids is 1. The Morgan fingerprint density at radius 1 is 1.31 bits per heavy atom. The summed E-state index contributed by atoms with van der Waals surface area (Å²) < 4.78 is 5.22. The predicted molar refractivity (Wildman–Crippen MR) is 93.2 cm³/mol. The predicted octanol–water partition coefficient (Wildman–Crippen LogP) is 1.74. The number of anilines is 1. The van der Waals surface area contributed by atoms with Crippen LogP contribution >= 0.6 is 0 Å². The van der Waals surface area contributed by atoms with Crippen molar-refractivity contribution in [3.05, 3.63) is 23.8 Å².